The van der Waals surface area contributed by atoms with Gasteiger partial charge in [0.15, 0.2) is 0 Å². The molecule has 0 bridgehead atoms. The van der Waals surface area contributed by atoms with Gasteiger partial charge in [-0.05, 0) is 57.3 Å². The highest BCUT2D eigenvalue weighted by Crippen LogP contribution is 2.30. The largest absolute Gasteiger partial charge is 0.434 e. The minimum atomic E-state index is -0.655. The van der Waals surface area contributed by atoms with Crippen molar-refractivity contribution in [1.82, 2.24) is 15.5 Å². The first-order valence-electron chi connectivity index (χ1n) is 8.29. The summed E-state index contributed by atoms with van der Waals surface area (Å²) in [5, 5.41) is 12.8. The number of aromatic amines is 1. The lowest BCUT2D eigenvalue weighted by atomic mass is 9.82. The number of rotatable bonds is 4. The first-order valence-corrected chi connectivity index (χ1v) is 8.29. The third-order valence-corrected chi connectivity index (χ3v) is 4.91. The standard InChI is InChI=1S/C17H23FN4O2/c1-9-8-19-5-4-13(9)11(3)20-15-7-12(6-14(18)10(15)2)16-21-22-17(23)24-16/h6-7,9,11,13,19-20H,4-5,8H2,1-3H3,(H,22,23)/t9-,11?,13+/m1/s1. The van der Waals surface area contributed by atoms with Crippen molar-refractivity contribution in [3.8, 4) is 11.5 Å². The Labute approximate surface area is 139 Å². The Bertz CT molecular complexity index is 770. The normalized spacial score (nSPS) is 22.3. The second-order valence-corrected chi connectivity index (χ2v) is 6.62. The molecule has 1 aromatic carbocycles. The van der Waals surface area contributed by atoms with Crippen LogP contribution in [0.4, 0.5) is 10.1 Å². The molecule has 24 heavy (non-hydrogen) atoms. The van der Waals surface area contributed by atoms with E-state index in [9.17, 15) is 9.18 Å². The van der Waals surface area contributed by atoms with E-state index < -0.39 is 5.76 Å². The SMILES string of the molecule is Cc1c(F)cc(-c2n[nH]c(=O)o2)cc1NC(C)[C@H]1CCNC[C@H]1C. The lowest BCUT2D eigenvalue weighted by molar-refractivity contribution is 0.250. The first kappa shape index (κ1) is 16.7. The molecular formula is C17H23FN4O2. The molecule has 1 unspecified atom stereocenters. The second-order valence-electron chi connectivity index (χ2n) is 6.62. The van der Waals surface area contributed by atoms with Crippen LogP contribution in [0.2, 0.25) is 0 Å². The summed E-state index contributed by atoms with van der Waals surface area (Å²) >= 11 is 0. The third kappa shape index (κ3) is 3.36. The fourth-order valence-corrected chi connectivity index (χ4v) is 3.44. The van der Waals surface area contributed by atoms with Crippen LogP contribution in [0.15, 0.2) is 21.3 Å². The maximum Gasteiger partial charge on any atom is 0.434 e. The molecule has 1 saturated heterocycles. The van der Waals surface area contributed by atoms with Crippen molar-refractivity contribution in [3.05, 3.63) is 34.1 Å². The Hall–Kier alpha value is -2.15. The lowest BCUT2D eigenvalue weighted by Gasteiger charge is -2.35. The van der Waals surface area contributed by atoms with Crippen LogP contribution < -0.4 is 16.4 Å². The van der Waals surface area contributed by atoms with Gasteiger partial charge < -0.3 is 15.1 Å². The second kappa shape index (κ2) is 6.76. The zero-order chi connectivity index (χ0) is 17.3. The topological polar surface area (TPSA) is 83.0 Å². The molecule has 7 heteroatoms. The summed E-state index contributed by atoms with van der Waals surface area (Å²) in [7, 11) is 0. The summed E-state index contributed by atoms with van der Waals surface area (Å²) in [4.78, 5) is 11.1. The molecule has 1 fully saturated rings. The van der Waals surface area contributed by atoms with Crippen LogP contribution >= 0.6 is 0 Å². The Balaban J connectivity index is 1.86. The van der Waals surface area contributed by atoms with Crippen molar-refractivity contribution in [2.45, 2.75) is 33.2 Å². The average molecular weight is 334 g/mol. The Morgan fingerprint density at radius 2 is 2.25 bits per heavy atom. The highest BCUT2D eigenvalue weighted by Gasteiger charge is 2.27. The Morgan fingerprint density at radius 3 is 2.92 bits per heavy atom. The van der Waals surface area contributed by atoms with Gasteiger partial charge in [0.25, 0.3) is 0 Å². The summed E-state index contributed by atoms with van der Waals surface area (Å²) < 4.78 is 19.2. The number of nitrogens with one attached hydrogen (secondary N) is 3. The van der Waals surface area contributed by atoms with Gasteiger partial charge in [-0.15, -0.1) is 5.10 Å². The van der Waals surface area contributed by atoms with E-state index in [0.29, 0.717) is 28.7 Å². The number of nitrogens with zero attached hydrogens (tertiary/aromatic N) is 1. The zero-order valence-corrected chi connectivity index (χ0v) is 14.1. The van der Waals surface area contributed by atoms with Crippen molar-refractivity contribution < 1.29 is 8.81 Å². The van der Waals surface area contributed by atoms with Gasteiger partial charge in [0.2, 0.25) is 5.89 Å². The smallest absolute Gasteiger partial charge is 0.388 e. The number of piperidine rings is 1. The van der Waals surface area contributed by atoms with Gasteiger partial charge >= 0.3 is 5.76 Å². The van der Waals surface area contributed by atoms with Crippen LogP contribution in [0, 0.1) is 24.6 Å². The van der Waals surface area contributed by atoms with E-state index >= 15 is 0 Å². The summed E-state index contributed by atoms with van der Waals surface area (Å²) in [6.45, 7) is 8.11. The van der Waals surface area contributed by atoms with Gasteiger partial charge in [0.05, 0.1) is 0 Å². The fraction of sp³-hybridized carbons (Fsp3) is 0.529. The van der Waals surface area contributed by atoms with E-state index in [2.05, 4.69) is 34.7 Å². The maximum absolute atomic E-state index is 14.3. The minimum absolute atomic E-state index is 0.0878. The molecule has 0 spiro atoms. The minimum Gasteiger partial charge on any atom is -0.388 e. The Kier molecular flexibility index (Phi) is 4.71. The molecule has 3 rings (SSSR count). The monoisotopic (exact) mass is 334 g/mol. The van der Waals surface area contributed by atoms with Crippen molar-refractivity contribution >= 4 is 5.69 Å². The molecule has 3 N–H and O–H groups in total. The van der Waals surface area contributed by atoms with E-state index in [1.165, 1.54) is 6.07 Å². The molecule has 2 aromatic rings. The highest BCUT2D eigenvalue weighted by molar-refractivity contribution is 5.65. The van der Waals surface area contributed by atoms with Crippen LogP contribution in [0.1, 0.15) is 25.8 Å². The van der Waals surface area contributed by atoms with Crippen LogP contribution in [-0.2, 0) is 0 Å². The number of benzene rings is 1. The van der Waals surface area contributed by atoms with Gasteiger partial charge in [-0.3, -0.25) is 0 Å². The third-order valence-electron chi connectivity index (χ3n) is 4.91. The van der Waals surface area contributed by atoms with E-state index in [-0.39, 0.29) is 17.7 Å². The number of H-pyrrole nitrogens is 1. The van der Waals surface area contributed by atoms with Crippen LogP contribution in [0.3, 0.4) is 0 Å². The van der Waals surface area contributed by atoms with Crippen LogP contribution in [0.25, 0.3) is 11.5 Å². The number of aromatic nitrogens is 2. The predicted molar refractivity (Wildman–Crippen MR) is 90.5 cm³/mol. The Morgan fingerprint density at radius 1 is 1.46 bits per heavy atom. The van der Waals surface area contributed by atoms with Crippen molar-refractivity contribution in [1.29, 1.82) is 0 Å². The lowest BCUT2D eigenvalue weighted by Crippen LogP contribution is -2.42. The van der Waals surface area contributed by atoms with Gasteiger partial charge in [-0.2, -0.15) is 0 Å². The molecule has 0 aliphatic carbocycles. The molecule has 1 aromatic heterocycles. The van der Waals surface area contributed by atoms with Gasteiger partial charge in [0.1, 0.15) is 5.82 Å². The summed E-state index contributed by atoms with van der Waals surface area (Å²) in [5.41, 5.74) is 1.68. The van der Waals surface area contributed by atoms with Gasteiger partial charge in [-0.25, -0.2) is 14.3 Å². The van der Waals surface area contributed by atoms with Crippen LogP contribution in [-0.4, -0.2) is 29.3 Å². The number of hydrogen-bond donors (Lipinski definition) is 3. The molecule has 3 atom stereocenters. The van der Waals surface area contributed by atoms with Crippen molar-refractivity contribution in [3.63, 3.8) is 0 Å². The van der Waals surface area contributed by atoms with Gasteiger partial charge in [0, 0.05) is 22.9 Å². The van der Waals surface area contributed by atoms with E-state index in [1.807, 2.05) is 0 Å². The fourth-order valence-electron chi connectivity index (χ4n) is 3.44. The summed E-state index contributed by atoms with van der Waals surface area (Å²) in [5.74, 6) is 0.146. The zero-order valence-electron chi connectivity index (χ0n) is 14.1. The quantitative estimate of drug-likeness (QED) is 0.800. The number of anilines is 1. The average Bonchev–Trinajstić information content (AvgIpc) is 2.98. The predicted octanol–water partition coefficient (Wildman–Crippen LogP) is 2.52. The number of halogens is 1. The summed E-state index contributed by atoms with van der Waals surface area (Å²) in [6.07, 6.45) is 1.09. The van der Waals surface area contributed by atoms with Gasteiger partial charge in [-0.1, -0.05) is 6.92 Å². The number of hydrogen-bond acceptors (Lipinski definition) is 5. The van der Waals surface area contributed by atoms with Crippen molar-refractivity contribution in [2.24, 2.45) is 11.8 Å². The molecule has 130 valence electrons. The molecular weight excluding hydrogens is 311 g/mol. The molecule has 2 heterocycles. The molecule has 0 amide bonds. The van der Waals surface area contributed by atoms with E-state index in [1.54, 1.807) is 13.0 Å². The maximum atomic E-state index is 14.3. The van der Waals surface area contributed by atoms with E-state index in [0.717, 1.165) is 19.5 Å². The molecule has 1 aliphatic heterocycles. The van der Waals surface area contributed by atoms with E-state index in [4.69, 9.17) is 4.42 Å². The van der Waals surface area contributed by atoms with Crippen LogP contribution in [0.5, 0.6) is 0 Å². The molecule has 0 saturated carbocycles. The van der Waals surface area contributed by atoms with Crippen molar-refractivity contribution in [2.75, 3.05) is 18.4 Å². The summed E-state index contributed by atoms with van der Waals surface area (Å²) in [6, 6.07) is 3.32. The molecule has 0 radical (unpaired) electrons. The first-order chi connectivity index (χ1) is 11.5. The molecule has 6 nitrogen and oxygen atoms in total. The molecule has 1 aliphatic rings. The highest BCUT2D eigenvalue weighted by atomic mass is 19.1.